The first kappa shape index (κ1) is 11.6. The molecule has 0 bridgehead atoms. The quantitative estimate of drug-likeness (QED) is 0.839. The fraction of sp³-hybridized carbons (Fsp3) is 0.455. The monoisotopic (exact) mass is 246 g/mol. The number of halogens is 3. The van der Waals surface area contributed by atoms with Gasteiger partial charge >= 0.3 is 0 Å². The second-order valence-corrected chi connectivity index (χ2v) is 4.34. The van der Waals surface area contributed by atoms with Gasteiger partial charge in [-0.3, -0.25) is 0 Å². The molecular weight excluding hydrogens is 234 g/mol. The zero-order valence-corrected chi connectivity index (χ0v) is 9.45. The zero-order valence-electron chi connectivity index (χ0n) is 8.69. The highest BCUT2D eigenvalue weighted by molar-refractivity contribution is 6.33. The Balaban J connectivity index is 2.14. The fourth-order valence-corrected chi connectivity index (χ4v) is 2.11. The highest BCUT2D eigenvalue weighted by Gasteiger charge is 2.17. The van der Waals surface area contributed by atoms with Crippen molar-refractivity contribution in [2.75, 3.05) is 18.4 Å². The van der Waals surface area contributed by atoms with E-state index in [0.29, 0.717) is 0 Å². The van der Waals surface area contributed by atoms with Crippen LogP contribution in [0.4, 0.5) is 14.5 Å². The van der Waals surface area contributed by atoms with Crippen LogP contribution in [0.25, 0.3) is 0 Å². The average molecular weight is 247 g/mol. The minimum absolute atomic E-state index is 0.0862. The topological polar surface area (TPSA) is 24.1 Å². The lowest BCUT2D eigenvalue weighted by molar-refractivity contribution is 0.477. The number of anilines is 1. The van der Waals surface area contributed by atoms with Gasteiger partial charge in [-0.25, -0.2) is 8.78 Å². The van der Waals surface area contributed by atoms with Crippen LogP contribution < -0.4 is 10.6 Å². The third kappa shape index (κ3) is 2.62. The Hall–Kier alpha value is -0.870. The number of rotatable bonds is 2. The number of benzene rings is 1. The first-order valence-electron chi connectivity index (χ1n) is 5.28. The highest BCUT2D eigenvalue weighted by atomic mass is 35.5. The lowest BCUT2D eigenvalue weighted by atomic mass is 10.1. The number of hydrogen-bond acceptors (Lipinski definition) is 2. The largest absolute Gasteiger partial charge is 0.377 e. The van der Waals surface area contributed by atoms with Crippen molar-refractivity contribution in [1.82, 2.24) is 5.32 Å². The van der Waals surface area contributed by atoms with Gasteiger partial charge in [0.05, 0.1) is 10.7 Å². The van der Waals surface area contributed by atoms with Crippen molar-refractivity contribution >= 4 is 17.3 Å². The van der Waals surface area contributed by atoms with E-state index in [1.807, 2.05) is 0 Å². The molecule has 1 aromatic carbocycles. The van der Waals surface area contributed by atoms with Crippen LogP contribution in [-0.2, 0) is 0 Å². The highest BCUT2D eigenvalue weighted by Crippen LogP contribution is 2.27. The maximum atomic E-state index is 13.5. The molecule has 1 aliphatic heterocycles. The second kappa shape index (κ2) is 4.97. The molecule has 0 saturated carbocycles. The van der Waals surface area contributed by atoms with E-state index in [1.165, 1.54) is 0 Å². The molecule has 16 heavy (non-hydrogen) atoms. The molecule has 0 radical (unpaired) electrons. The number of nitrogens with one attached hydrogen (secondary N) is 2. The van der Waals surface area contributed by atoms with E-state index in [9.17, 15) is 8.78 Å². The van der Waals surface area contributed by atoms with E-state index in [0.717, 1.165) is 38.1 Å². The van der Waals surface area contributed by atoms with Crippen LogP contribution in [-0.4, -0.2) is 19.1 Å². The predicted octanol–water partition coefficient (Wildman–Crippen LogP) is 2.78. The van der Waals surface area contributed by atoms with Crippen LogP contribution >= 0.6 is 11.6 Å². The molecular formula is C11H13ClF2N2. The van der Waals surface area contributed by atoms with E-state index >= 15 is 0 Å². The molecule has 0 spiro atoms. The molecule has 0 aromatic heterocycles. The zero-order chi connectivity index (χ0) is 11.5. The van der Waals surface area contributed by atoms with E-state index in [-0.39, 0.29) is 16.8 Å². The minimum atomic E-state index is -0.658. The van der Waals surface area contributed by atoms with Crippen LogP contribution in [0.15, 0.2) is 12.1 Å². The summed E-state index contributed by atoms with van der Waals surface area (Å²) in [5, 5.41) is 6.30. The van der Waals surface area contributed by atoms with Gasteiger partial charge in [-0.15, -0.1) is 0 Å². The third-order valence-electron chi connectivity index (χ3n) is 2.65. The maximum Gasteiger partial charge on any atom is 0.150 e. The fourth-order valence-electron chi connectivity index (χ4n) is 1.86. The van der Waals surface area contributed by atoms with Gasteiger partial charge in [-0.2, -0.15) is 0 Å². The van der Waals surface area contributed by atoms with E-state index in [2.05, 4.69) is 10.6 Å². The van der Waals surface area contributed by atoms with Crippen LogP contribution in [0, 0.1) is 11.6 Å². The molecule has 1 unspecified atom stereocenters. The molecule has 2 nitrogen and oxygen atoms in total. The van der Waals surface area contributed by atoms with Crippen LogP contribution in [0.5, 0.6) is 0 Å². The first-order valence-corrected chi connectivity index (χ1v) is 5.66. The summed E-state index contributed by atoms with van der Waals surface area (Å²) in [5.74, 6) is -1.30. The molecule has 1 heterocycles. The SMILES string of the molecule is Fc1cc(F)c(NC2CCCNC2)c(Cl)c1. The summed E-state index contributed by atoms with van der Waals surface area (Å²) in [4.78, 5) is 0. The standard InChI is InChI=1S/C11H13ClF2N2/c12-9-4-7(13)5-10(14)11(9)16-8-2-1-3-15-6-8/h4-5,8,15-16H,1-3,6H2. The Morgan fingerprint density at radius 1 is 1.38 bits per heavy atom. The maximum absolute atomic E-state index is 13.5. The Morgan fingerprint density at radius 3 is 2.81 bits per heavy atom. The molecule has 2 N–H and O–H groups in total. The molecule has 5 heteroatoms. The Labute approximate surface area is 98.0 Å². The lowest BCUT2D eigenvalue weighted by Gasteiger charge is -2.25. The summed E-state index contributed by atoms with van der Waals surface area (Å²) in [6.45, 7) is 1.75. The van der Waals surface area contributed by atoms with Crippen molar-refractivity contribution < 1.29 is 8.78 Å². The molecule has 1 fully saturated rings. The van der Waals surface area contributed by atoms with Crippen molar-refractivity contribution in [3.8, 4) is 0 Å². The lowest BCUT2D eigenvalue weighted by Crippen LogP contribution is -2.38. The van der Waals surface area contributed by atoms with Crippen molar-refractivity contribution in [3.63, 3.8) is 0 Å². The Kier molecular flexibility index (Phi) is 3.61. The van der Waals surface area contributed by atoms with Gasteiger partial charge < -0.3 is 10.6 Å². The molecule has 0 amide bonds. The summed E-state index contributed by atoms with van der Waals surface area (Å²) < 4.78 is 26.3. The Bertz CT molecular complexity index is 355. The minimum Gasteiger partial charge on any atom is -0.377 e. The van der Waals surface area contributed by atoms with Crippen molar-refractivity contribution in [3.05, 3.63) is 28.8 Å². The number of piperidine rings is 1. The molecule has 1 atom stereocenters. The van der Waals surface area contributed by atoms with Crippen molar-refractivity contribution in [1.29, 1.82) is 0 Å². The van der Waals surface area contributed by atoms with Gasteiger partial charge in [0.25, 0.3) is 0 Å². The predicted molar refractivity (Wildman–Crippen MR) is 60.9 cm³/mol. The molecule has 1 aliphatic rings. The van der Waals surface area contributed by atoms with Gasteiger partial charge in [0.1, 0.15) is 5.82 Å². The van der Waals surface area contributed by atoms with Gasteiger partial charge in [0.2, 0.25) is 0 Å². The molecule has 1 aromatic rings. The first-order chi connectivity index (χ1) is 7.66. The van der Waals surface area contributed by atoms with Gasteiger partial charge in [0, 0.05) is 18.7 Å². The van der Waals surface area contributed by atoms with E-state index in [1.54, 1.807) is 0 Å². The average Bonchev–Trinajstić information content (AvgIpc) is 2.25. The van der Waals surface area contributed by atoms with E-state index < -0.39 is 11.6 Å². The summed E-state index contributed by atoms with van der Waals surface area (Å²) in [6, 6.07) is 2.10. The molecule has 88 valence electrons. The molecule has 1 saturated heterocycles. The third-order valence-corrected chi connectivity index (χ3v) is 2.95. The van der Waals surface area contributed by atoms with Gasteiger partial charge in [-0.05, 0) is 25.5 Å². The smallest absolute Gasteiger partial charge is 0.150 e. The summed E-state index contributed by atoms with van der Waals surface area (Å²) in [5.41, 5.74) is 0.191. The number of hydrogen-bond donors (Lipinski definition) is 2. The van der Waals surface area contributed by atoms with Crippen molar-refractivity contribution in [2.24, 2.45) is 0 Å². The van der Waals surface area contributed by atoms with Crippen molar-refractivity contribution in [2.45, 2.75) is 18.9 Å². The van der Waals surface area contributed by atoms with E-state index in [4.69, 9.17) is 11.6 Å². The second-order valence-electron chi connectivity index (χ2n) is 3.93. The summed E-state index contributed by atoms with van der Waals surface area (Å²) >= 11 is 5.79. The van der Waals surface area contributed by atoms with Crippen LogP contribution in [0.2, 0.25) is 5.02 Å². The summed E-state index contributed by atoms with van der Waals surface area (Å²) in [6.07, 6.45) is 2.00. The van der Waals surface area contributed by atoms with Crippen LogP contribution in [0.1, 0.15) is 12.8 Å². The van der Waals surface area contributed by atoms with Crippen LogP contribution in [0.3, 0.4) is 0 Å². The Morgan fingerprint density at radius 2 is 2.19 bits per heavy atom. The van der Waals surface area contributed by atoms with Gasteiger partial charge in [0.15, 0.2) is 5.82 Å². The molecule has 0 aliphatic carbocycles. The molecule has 2 rings (SSSR count). The van der Waals surface area contributed by atoms with Gasteiger partial charge in [-0.1, -0.05) is 11.6 Å². The summed E-state index contributed by atoms with van der Waals surface area (Å²) in [7, 11) is 0. The normalized spacial score (nSPS) is 20.8.